The average molecular weight is 377 g/mol. The summed E-state index contributed by atoms with van der Waals surface area (Å²) in [6, 6.07) is -0.515. The molecular formula is C20H31N3O4. The third-order valence-electron chi connectivity index (χ3n) is 5.09. The summed E-state index contributed by atoms with van der Waals surface area (Å²) in [4.78, 5) is 41.6. The molecule has 0 radical (unpaired) electrons. The lowest BCUT2D eigenvalue weighted by molar-refractivity contribution is -0.136. The fraction of sp³-hybridized carbons (Fsp3) is 0.650. The molecular weight excluding hydrogens is 346 g/mol. The molecule has 1 aromatic rings. The van der Waals surface area contributed by atoms with Gasteiger partial charge in [0.15, 0.2) is 0 Å². The van der Waals surface area contributed by atoms with Gasteiger partial charge in [0.2, 0.25) is 11.8 Å². The van der Waals surface area contributed by atoms with Crippen LogP contribution in [0.2, 0.25) is 0 Å². The Morgan fingerprint density at radius 2 is 1.85 bits per heavy atom. The van der Waals surface area contributed by atoms with Gasteiger partial charge in [0.1, 0.15) is 11.7 Å². The summed E-state index contributed by atoms with van der Waals surface area (Å²) >= 11 is 0. The van der Waals surface area contributed by atoms with E-state index >= 15 is 0 Å². The van der Waals surface area contributed by atoms with E-state index in [1.807, 2.05) is 18.7 Å². The summed E-state index contributed by atoms with van der Waals surface area (Å²) in [5, 5.41) is 2.80. The second kappa shape index (κ2) is 9.58. The summed E-state index contributed by atoms with van der Waals surface area (Å²) in [5.41, 5.74) is 3.07. The molecule has 0 saturated carbocycles. The maximum absolute atomic E-state index is 12.4. The Hall–Kier alpha value is -2.31. The van der Waals surface area contributed by atoms with Crippen LogP contribution in [-0.4, -0.2) is 53.4 Å². The van der Waals surface area contributed by atoms with Crippen molar-refractivity contribution in [3.05, 3.63) is 22.5 Å². The Morgan fingerprint density at radius 3 is 2.48 bits per heavy atom. The molecule has 1 aromatic heterocycles. The number of hydrogen-bond donors (Lipinski definition) is 2. The number of carbonyl (C=O) groups is 3. The second-order valence-corrected chi connectivity index (χ2v) is 7.12. The zero-order chi connectivity index (χ0) is 20.0. The minimum Gasteiger partial charge on any atom is -0.461 e. The number of piperidine rings is 1. The van der Waals surface area contributed by atoms with E-state index in [4.69, 9.17) is 4.74 Å². The standard InChI is InChI=1S/C20H31N3O4/c1-5-27-20(26)18-13(2)16(14(3)22-18)9-10-17(24)21-15(4)19(25)23-11-7-6-8-12-23/h15,22H,5-12H2,1-4H3,(H,21,24)/t15-/m1/s1. The fourth-order valence-corrected chi connectivity index (χ4v) is 3.57. The van der Waals surface area contributed by atoms with E-state index in [2.05, 4.69) is 10.3 Å². The molecule has 1 saturated heterocycles. The van der Waals surface area contributed by atoms with E-state index in [-0.39, 0.29) is 24.2 Å². The second-order valence-electron chi connectivity index (χ2n) is 7.12. The van der Waals surface area contributed by atoms with E-state index in [1.165, 1.54) is 0 Å². The predicted molar refractivity (Wildman–Crippen MR) is 103 cm³/mol. The first-order chi connectivity index (χ1) is 12.8. The SMILES string of the molecule is CCOC(=O)c1[nH]c(C)c(CCC(=O)N[C@H](C)C(=O)N2CCCCC2)c1C. The van der Waals surface area contributed by atoms with Gasteiger partial charge in [0.05, 0.1) is 6.61 Å². The molecule has 7 heteroatoms. The number of esters is 1. The molecule has 0 spiro atoms. The lowest BCUT2D eigenvalue weighted by Gasteiger charge is -2.29. The maximum atomic E-state index is 12.4. The Balaban J connectivity index is 1.89. The monoisotopic (exact) mass is 377 g/mol. The highest BCUT2D eigenvalue weighted by Gasteiger charge is 2.24. The lowest BCUT2D eigenvalue weighted by Crippen LogP contribution is -2.48. The lowest BCUT2D eigenvalue weighted by atomic mass is 10.0. The minimum absolute atomic E-state index is 0.0124. The molecule has 7 nitrogen and oxygen atoms in total. The summed E-state index contributed by atoms with van der Waals surface area (Å²) in [6.07, 6.45) is 3.99. The number of hydrogen-bond acceptors (Lipinski definition) is 4. The summed E-state index contributed by atoms with van der Waals surface area (Å²) in [5.74, 6) is -0.554. The van der Waals surface area contributed by atoms with Crippen molar-refractivity contribution in [2.24, 2.45) is 0 Å². The van der Waals surface area contributed by atoms with E-state index in [9.17, 15) is 14.4 Å². The number of aromatic amines is 1. The van der Waals surface area contributed by atoms with Crippen molar-refractivity contribution >= 4 is 17.8 Å². The van der Waals surface area contributed by atoms with Gasteiger partial charge in [-0.2, -0.15) is 0 Å². The number of carbonyl (C=O) groups excluding carboxylic acids is 3. The highest BCUT2D eigenvalue weighted by Crippen LogP contribution is 2.20. The number of H-pyrrole nitrogens is 1. The highest BCUT2D eigenvalue weighted by molar-refractivity contribution is 5.90. The van der Waals surface area contributed by atoms with Crippen LogP contribution in [0.15, 0.2) is 0 Å². The van der Waals surface area contributed by atoms with Crippen molar-refractivity contribution in [3.63, 3.8) is 0 Å². The summed E-state index contributed by atoms with van der Waals surface area (Å²) in [6.45, 7) is 9.10. The van der Waals surface area contributed by atoms with Gasteiger partial charge < -0.3 is 19.9 Å². The van der Waals surface area contributed by atoms with Gasteiger partial charge in [-0.1, -0.05) is 0 Å². The number of nitrogens with zero attached hydrogens (tertiary/aromatic N) is 1. The summed E-state index contributed by atoms with van der Waals surface area (Å²) in [7, 11) is 0. The van der Waals surface area contributed by atoms with Crippen molar-refractivity contribution in [1.29, 1.82) is 0 Å². The number of aryl methyl sites for hydroxylation is 1. The number of ether oxygens (including phenoxy) is 1. The van der Waals surface area contributed by atoms with Crippen LogP contribution in [0.4, 0.5) is 0 Å². The van der Waals surface area contributed by atoms with Gasteiger partial charge in [-0.3, -0.25) is 9.59 Å². The summed E-state index contributed by atoms with van der Waals surface area (Å²) < 4.78 is 5.05. The Kier molecular flexibility index (Phi) is 7.45. The van der Waals surface area contributed by atoms with Crippen molar-refractivity contribution in [1.82, 2.24) is 15.2 Å². The average Bonchev–Trinajstić information content (AvgIpc) is 2.94. The zero-order valence-electron chi connectivity index (χ0n) is 16.8. The van der Waals surface area contributed by atoms with Crippen LogP contribution in [0.1, 0.15) is 66.8 Å². The molecule has 0 bridgehead atoms. The quantitative estimate of drug-likeness (QED) is 0.713. The topological polar surface area (TPSA) is 91.5 Å². The predicted octanol–water partition coefficient (Wildman–Crippen LogP) is 2.26. The molecule has 2 amide bonds. The van der Waals surface area contributed by atoms with Crippen LogP contribution in [-0.2, 0) is 20.7 Å². The molecule has 1 aliphatic rings. The zero-order valence-corrected chi connectivity index (χ0v) is 16.8. The maximum Gasteiger partial charge on any atom is 0.355 e. The van der Waals surface area contributed by atoms with Crippen molar-refractivity contribution < 1.29 is 19.1 Å². The van der Waals surface area contributed by atoms with E-state index in [0.717, 1.165) is 49.2 Å². The Morgan fingerprint density at radius 1 is 1.19 bits per heavy atom. The first kappa shape index (κ1) is 21.0. The van der Waals surface area contributed by atoms with Gasteiger partial charge in [-0.25, -0.2) is 4.79 Å². The molecule has 150 valence electrons. The smallest absolute Gasteiger partial charge is 0.355 e. The van der Waals surface area contributed by atoms with Crippen LogP contribution in [0.5, 0.6) is 0 Å². The first-order valence-corrected chi connectivity index (χ1v) is 9.78. The Bertz CT molecular complexity index is 690. The largest absolute Gasteiger partial charge is 0.461 e. The molecule has 1 atom stereocenters. The normalized spacial score (nSPS) is 15.3. The van der Waals surface area contributed by atoms with Crippen LogP contribution >= 0.6 is 0 Å². The highest BCUT2D eigenvalue weighted by atomic mass is 16.5. The third-order valence-corrected chi connectivity index (χ3v) is 5.09. The third kappa shape index (κ3) is 5.34. The molecule has 2 rings (SSSR count). The number of aromatic nitrogens is 1. The number of rotatable bonds is 7. The number of likely N-dealkylation sites (tertiary alicyclic amines) is 1. The van der Waals surface area contributed by atoms with E-state index in [0.29, 0.717) is 18.7 Å². The Labute approximate surface area is 160 Å². The van der Waals surface area contributed by atoms with Crippen LogP contribution in [0.25, 0.3) is 0 Å². The molecule has 2 N–H and O–H groups in total. The minimum atomic E-state index is -0.515. The van der Waals surface area contributed by atoms with Gasteiger partial charge in [-0.05, 0) is 64.5 Å². The van der Waals surface area contributed by atoms with E-state index in [1.54, 1.807) is 13.8 Å². The fourth-order valence-electron chi connectivity index (χ4n) is 3.57. The van der Waals surface area contributed by atoms with Crippen molar-refractivity contribution in [3.8, 4) is 0 Å². The molecule has 0 aromatic carbocycles. The van der Waals surface area contributed by atoms with Crippen molar-refractivity contribution in [2.45, 2.75) is 65.8 Å². The van der Waals surface area contributed by atoms with Gasteiger partial charge in [0, 0.05) is 25.2 Å². The van der Waals surface area contributed by atoms with Gasteiger partial charge in [0.25, 0.3) is 0 Å². The van der Waals surface area contributed by atoms with Crippen LogP contribution in [0, 0.1) is 13.8 Å². The molecule has 27 heavy (non-hydrogen) atoms. The molecule has 1 fully saturated rings. The molecule has 2 heterocycles. The van der Waals surface area contributed by atoms with Gasteiger partial charge >= 0.3 is 5.97 Å². The van der Waals surface area contributed by atoms with Gasteiger partial charge in [-0.15, -0.1) is 0 Å². The van der Waals surface area contributed by atoms with Crippen molar-refractivity contribution in [2.75, 3.05) is 19.7 Å². The van der Waals surface area contributed by atoms with E-state index < -0.39 is 6.04 Å². The molecule has 0 unspecified atom stereocenters. The van der Waals surface area contributed by atoms with Crippen LogP contribution < -0.4 is 5.32 Å². The molecule has 0 aliphatic carbocycles. The number of amides is 2. The number of nitrogens with one attached hydrogen (secondary N) is 2. The first-order valence-electron chi connectivity index (χ1n) is 9.78. The molecule has 1 aliphatic heterocycles. The van der Waals surface area contributed by atoms with Crippen LogP contribution in [0.3, 0.4) is 0 Å².